The molecular formula is C23H26N2O6. The standard InChI is InChI=1S/C23H26N2O6/c1-4-5-6-18-7-10-20(11-8-18)29-15-23(28)25-24-14-19-9-12-21(30-16(2)26)13-22(19)31-17(3)27/h7-14H,4-6,15H2,1-3H3,(H,25,28)/b24-14-. The minimum absolute atomic E-state index is 0.142. The zero-order valence-corrected chi connectivity index (χ0v) is 17.8. The summed E-state index contributed by atoms with van der Waals surface area (Å²) >= 11 is 0. The number of benzene rings is 2. The monoisotopic (exact) mass is 426 g/mol. The van der Waals surface area contributed by atoms with Gasteiger partial charge in [-0.3, -0.25) is 14.4 Å². The molecule has 2 rings (SSSR count). The first kappa shape index (κ1) is 23.6. The van der Waals surface area contributed by atoms with E-state index in [0.29, 0.717) is 11.3 Å². The Morgan fingerprint density at radius 1 is 0.968 bits per heavy atom. The molecule has 1 amide bonds. The number of hydrogen-bond donors (Lipinski definition) is 1. The van der Waals surface area contributed by atoms with E-state index < -0.39 is 17.8 Å². The zero-order valence-electron chi connectivity index (χ0n) is 17.8. The highest BCUT2D eigenvalue weighted by Gasteiger charge is 2.09. The van der Waals surface area contributed by atoms with Crippen LogP contribution in [0.4, 0.5) is 0 Å². The first-order chi connectivity index (χ1) is 14.9. The number of hydrazone groups is 1. The largest absolute Gasteiger partial charge is 0.484 e. The number of esters is 2. The molecule has 0 saturated heterocycles. The molecule has 0 fully saturated rings. The summed E-state index contributed by atoms with van der Waals surface area (Å²) in [6.45, 7) is 4.45. The SMILES string of the molecule is CCCCc1ccc(OCC(=O)N/N=C\c2ccc(OC(C)=O)cc2OC(C)=O)cc1. The lowest BCUT2D eigenvalue weighted by Gasteiger charge is -2.08. The normalized spacial score (nSPS) is 10.5. The number of amides is 1. The van der Waals surface area contributed by atoms with Crippen LogP contribution in [0.1, 0.15) is 44.7 Å². The topological polar surface area (TPSA) is 103 Å². The highest BCUT2D eigenvalue weighted by molar-refractivity contribution is 5.87. The Bertz CT molecular complexity index is 938. The van der Waals surface area contributed by atoms with Gasteiger partial charge in [0.1, 0.15) is 17.2 Å². The lowest BCUT2D eigenvalue weighted by atomic mass is 10.1. The van der Waals surface area contributed by atoms with Crippen molar-refractivity contribution >= 4 is 24.1 Å². The van der Waals surface area contributed by atoms with Crippen molar-refractivity contribution in [3.8, 4) is 17.2 Å². The van der Waals surface area contributed by atoms with Crippen LogP contribution in [0.25, 0.3) is 0 Å². The third-order valence-electron chi connectivity index (χ3n) is 4.01. The average molecular weight is 426 g/mol. The molecule has 0 heterocycles. The lowest BCUT2D eigenvalue weighted by molar-refractivity contribution is -0.132. The molecule has 0 unspecified atom stereocenters. The molecule has 0 radical (unpaired) electrons. The van der Waals surface area contributed by atoms with Gasteiger partial charge in [-0.2, -0.15) is 5.10 Å². The van der Waals surface area contributed by atoms with E-state index in [0.717, 1.165) is 19.3 Å². The number of hydrogen-bond acceptors (Lipinski definition) is 7. The maximum Gasteiger partial charge on any atom is 0.308 e. The Morgan fingerprint density at radius 3 is 2.29 bits per heavy atom. The number of carbonyl (C=O) groups is 3. The molecule has 0 saturated carbocycles. The molecule has 2 aromatic carbocycles. The summed E-state index contributed by atoms with van der Waals surface area (Å²) in [7, 11) is 0. The van der Waals surface area contributed by atoms with Crippen molar-refractivity contribution < 1.29 is 28.6 Å². The minimum Gasteiger partial charge on any atom is -0.484 e. The number of aryl methyl sites for hydroxylation is 1. The summed E-state index contributed by atoms with van der Waals surface area (Å²) in [5, 5.41) is 3.86. The van der Waals surface area contributed by atoms with Crippen LogP contribution >= 0.6 is 0 Å². The summed E-state index contributed by atoms with van der Waals surface area (Å²) in [4.78, 5) is 34.4. The van der Waals surface area contributed by atoms with Crippen LogP contribution in [0.5, 0.6) is 17.2 Å². The minimum atomic E-state index is -0.548. The summed E-state index contributed by atoms with van der Waals surface area (Å²) in [5.74, 6) is -0.539. The Hall–Kier alpha value is -3.68. The van der Waals surface area contributed by atoms with E-state index in [4.69, 9.17) is 14.2 Å². The summed E-state index contributed by atoms with van der Waals surface area (Å²) < 4.78 is 15.5. The van der Waals surface area contributed by atoms with Gasteiger partial charge in [0.15, 0.2) is 6.61 Å². The van der Waals surface area contributed by atoms with Crippen LogP contribution < -0.4 is 19.6 Å². The zero-order chi connectivity index (χ0) is 22.6. The molecule has 0 aliphatic heterocycles. The summed E-state index contributed by atoms with van der Waals surface area (Å²) in [5.41, 5.74) is 3.99. The van der Waals surface area contributed by atoms with E-state index in [2.05, 4.69) is 17.5 Å². The molecule has 0 aliphatic carbocycles. The molecule has 31 heavy (non-hydrogen) atoms. The van der Waals surface area contributed by atoms with Gasteiger partial charge in [-0.1, -0.05) is 25.5 Å². The molecule has 1 N–H and O–H groups in total. The maximum atomic E-state index is 12.0. The lowest BCUT2D eigenvalue weighted by Crippen LogP contribution is -2.24. The van der Waals surface area contributed by atoms with Gasteiger partial charge in [0.25, 0.3) is 5.91 Å². The fourth-order valence-corrected chi connectivity index (χ4v) is 2.58. The van der Waals surface area contributed by atoms with Crippen molar-refractivity contribution in [3.05, 3.63) is 53.6 Å². The van der Waals surface area contributed by atoms with Crippen molar-refractivity contribution in [2.24, 2.45) is 5.10 Å². The first-order valence-electron chi connectivity index (χ1n) is 9.92. The molecule has 2 aromatic rings. The van der Waals surface area contributed by atoms with Gasteiger partial charge < -0.3 is 14.2 Å². The highest BCUT2D eigenvalue weighted by atomic mass is 16.5. The second-order valence-electron chi connectivity index (χ2n) is 6.72. The number of nitrogens with one attached hydrogen (secondary N) is 1. The first-order valence-corrected chi connectivity index (χ1v) is 9.92. The van der Waals surface area contributed by atoms with Gasteiger partial charge in [0.05, 0.1) is 6.21 Å². The van der Waals surface area contributed by atoms with Crippen molar-refractivity contribution in [2.45, 2.75) is 40.0 Å². The number of nitrogens with zero attached hydrogens (tertiary/aromatic N) is 1. The molecule has 0 atom stereocenters. The van der Waals surface area contributed by atoms with Gasteiger partial charge in [-0.05, 0) is 42.7 Å². The van der Waals surface area contributed by atoms with E-state index in [1.165, 1.54) is 37.8 Å². The quantitative estimate of drug-likeness (QED) is 0.270. The fraction of sp³-hybridized carbons (Fsp3) is 0.304. The summed E-state index contributed by atoms with van der Waals surface area (Å²) in [6, 6.07) is 12.1. The number of rotatable bonds is 10. The predicted molar refractivity (Wildman–Crippen MR) is 115 cm³/mol. The molecule has 0 bridgehead atoms. The Kier molecular flexibility index (Phi) is 9.22. The van der Waals surface area contributed by atoms with E-state index in [-0.39, 0.29) is 18.1 Å². The van der Waals surface area contributed by atoms with Crippen LogP contribution in [0.2, 0.25) is 0 Å². The van der Waals surface area contributed by atoms with Gasteiger partial charge in [-0.25, -0.2) is 5.43 Å². The van der Waals surface area contributed by atoms with Gasteiger partial charge in [0, 0.05) is 25.5 Å². The average Bonchev–Trinajstić information content (AvgIpc) is 2.72. The molecule has 164 valence electrons. The molecule has 8 nitrogen and oxygen atoms in total. The molecule has 0 aromatic heterocycles. The third-order valence-corrected chi connectivity index (χ3v) is 4.01. The van der Waals surface area contributed by atoms with Crippen LogP contribution in [0.15, 0.2) is 47.6 Å². The fourth-order valence-electron chi connectivity index (χ4n) is 2.58. The van der Waals surface area contributed by atoms with Crippen LogP contribution in [-0.4, -0.2) is 30.7 Å². The van der Waals surface area contributed by atoms with Crippen molar-refractivity contribution in [1.82, 2.24) is 5.43 Å². The summed E-state index contributed by atoms with van der Waals surface area (Å²) in [6.07, 6.45) is 4.60. The second kappa shape index (κ2) is 12.1. The number of carbonyl (C=O) groups excluding carboxylic acids is 3. The highest BCUT2D eigenvalue weighted by Crippen LogP contribution is 2.24. The number of ether oxygens (including phenoxy) is 3. The van der Waals surface area contributed by atoms with Crippen LogP contribution in [0.3, 0.4) is 0 Å². The molecule has 0 spiro atoms. The third kappa shape index (κ3) is 8.69. The predicted octanol–water partition coefficient (Wildman–Crippen LogP) is 3.41. The maximum absolute atomic E-state index is 12.0. The van der Waals surface area contributed by atoms with Gasteiger partial charge in [-0.15, -0.1) is 0 Å². The Labute approximate surface area is 181 Å². The molecular weight excluding hydrogens is 400 g/mol. The smallest absolute Gasteiger partial charge is 0.308 e. The second-order valence-corrected chi connectivity index (χ2v) is 6.72. The van der Waals surface area contributed by atoms with E-state index in [1.807, 2.05) is 24.3 Å². The van der Waals surface area contributed by atoms with Crippen molar-refractivity contribution in [2.75, 3.05) is 6.61 Å². The van der Waals surface area contributed by atoms with Crippen LogP contribution in [-0.2, 0) is 20.8 Å². The Balaban J connectivity index is 1.91. The van der Waals surface area contributed by atoms with Gasteiger partial charge >= 0.3 is 11.9 Å². The van der Waals surface area contributed by atoms with Crippen LogP contribution in [0, 0.1) is 0 Å². The molecule has 8 heteroatoms. The van der Waals surface area contributed by atoms with Crippen molar-refractivity contribution in [3.63, 3.8) is 0 Å². The van der Waals surface area contributed by atoms with E-state index in [1.54, 1.807) is 6.07 Å². The van der Waals surface area contributed by atoms with Gasteiger partial charge in [0.2, 0.25) is 0 Å². The Morgan fingerprint density at radius 2 is 1.65 bits per heavy atom. The number of unbranched alkanes of at least 4 members (excludes halogenated alkanes) is 1. The van der Waals surface area contributed by atoms with E-state index in [9.17, 15) is 14.4 Å². The molecule has 0 aliphatic rings. The van der Waals surface area contributed by atoms with Crippen molar-refractivity contribution in [1.29, 1.82) is 0 Å². The van der Waals surface area contributed by atoms with E-state index >= 15 is 0 Å².